The Kier molecular flexibility index (Phi) is 17.5. The van der Waals surface area contributed by atoms with E-state index in [1.807, 2.05) is 65.3 Å². The Bertz CT molecular complexity index is 3430. The summed E-state index contributed by atoms with van der Waals surface area (Å²) in [5, 5.41) is 10.5. The standard InChI is InChI=1S/C61H69N15O5/c1-42-68-54-16-15-52(47-19-24-64-55(62)34-47)69-59(54)76(42)50-12-9-44(10-13-50)38-72-32-30-71(31-33-72)25-5-6-43-11-17-56(66-35-43)73-26-20-46(21-27-73)60(80)74-28-22-49(23-29-74)75-39-45(37-67-75)36-65-53-8-4-7-48(40-77)58(53)61(81)70(3)51(41-78)14-18-57(79)63-2/h4,7-13,15-17,19,24,34-35,37,39-41,46,49,51,65H,14,18,20-23,25-33,36,38H2,1-3H3,(H2,62,64)(H,63,79). The topological polar surface area (TPSA) is 226 Å². The van der Waals surface area contributed by atoms with Crippen molar-refractivity contribution in [1.82, 2.24) is 59.2 Å². The number of pyridine rings is 3. The first-order valence-electron chi connectivity index (χ1n) is 27.8. The Morgan fingerprint density at radius 1 is 0.852 bits per heavy atom. The average Bonchev–Trinajstić information content (AvgIpc) is 4.21. The second-order valence-electron chi connectivity index (χ2n) is 21.1. The number of piperidine rings is 2. The molecule has 0 radical (unpaired) electrons. The summed E-state index contributed by atoms with van der Waals surface area (Å²) >= 11 is 0. The smallest absolute Gasteiger partial charge is 0.257 e. The monoisotopic (exact) mass is 1090 g/mol. The highest BCUT2D eigenvalue weighted by atomic mass is 16.2. The van der Waals surface area contributed by atoms with Gasteiger partial charge in [0.1, 0.15) is 29.3 Å². The number of likely N-dealkylation sites (N-methyl/N-ethyl adjacent to an activating group) is 1. The van der Waals surface area contributed by atoms with Gasteiger partial charge in [-0.2, -0.15) is 5.10 Å². The van der Waals surface area contributed by atoms with E-state index in [2.05, 4.69) is 76.1 Å². The number of nitrogens with zero attached hydrogens (tertiary/aromatic N) is 12. The molecule has 1 unspecified atom stereocenters. The molecule has 0 saturated carbocycles. The number of carbonyl (C=O) groups is 5. The molecular formula is C61H69N15O5. The number of nitrogen functional groups attached to an aromatic ring is 1. The van der Waals surface area contributed by atoms with E-state index in [4.69, 9.17) is 20.7 Å². The number of aldehydes is 2. The van der Waals surface area contributed by atoms with Crippen molar-refractivity contribution in [2.75, 3.05) is 88.9 Å². The van der Waals surface area contributed by atoms with Gasteiger partial charge in [0.05, 0.1) is 36.1 Å². The quantitative estimate of drug-likeness (QED) is 0.0682. The third-order valence-corrected chi connectivity index (χ3v) is 15.9. The third kappa shape index (κ3) is 13.1. The summed E-state index contributed by atoms with van der Waals surface area (Å²) in [6.45, 7) is 10.6. The van der Waals surface area contributed by atoms with Crippen LogP contribution in [0.5, 0.6) is 0 Å². The molecule has 20 heteroatoms. The fourth-order valence-electron chi connectivity index (χ4n) is 11.1. The van der Waals surface area contributed by atoms with Crippen LogP contribution in [0.1, 0.15) is 87.8 Å². The number of anilines is 3. The maximum absolute atomic E-state index is 13.8. The molecule has 3 saturated heterocycles. The number of rotatable bonds is 18. The van der Waals surface area contributed by atoms with Crippen LogP contribution in [0.4, 0.5) is 17.3 Å². The molecule has 2 aromatic carbocycles. The van der Waals surface area contributed by atoms with Gasteiger partial charge in [-0.25, -0.2) is 19.9 Å². The summed E-state index contributed by atoms with van der Waals surface area (Å²) in [7, 11) is 3.01. The van der Waals surface area contributed by atoms with Gasteiger partial charge in [0.15, 0.2) is 11.9 Å². The highest BCUT2D eigenvalue weighted by Gasteiger charge is 2.32. The second-order valence-corrected chi connectivity index (χ2v) is 21.1. The number of aryl methyl sites for hydroxylation is 1. The van der Waals surface area contributed by atoms with E-state index in [-0.39, 0.29) is 47.7 Å². The zero-order chi connectivity index (χ0) is 56.4. The predicted molar refractivity (Wildman–Crippen MR) is 310 cm³/mol. The zero-order valence-corrected chi connectivity index (χ0v) is 46.2. The van der Waals surface area contributed by atoms with Crippen LogP contribution < -0.4 is 21.3 Å². The molecule has 3 aliphatic rings. The van der Waals surface area contributed by atoms with Gasteiger partial charge in [0.25, 0.3) is 5.91 Å². The number of aromatic nitrogens is 7. The van der Waals surface area contributed by atoms with Gasteiger partial charge in [-0.1, -0.05) is 36.1 Å². The number of carbonyl (C=O) groups excluding carboxylic acids is 5. The lowest BCUT2D eigenvalue weighted by atomic mass is 9.93. The Morgan fingerprint density at radius 2 is 1.63 bits per heavy atom. The van der Waals surface area contributed by atoms with E-state index >= 15 is 0 Å². The van der Waals surface area contributed by atoms with Crippen molar-refractivity contribution in [3.8, 4) is 28.8 Å². The van der Waals surface area contributed by atoms with Crippen molar-refractivity contribution in [3.05, 3.63) is 137 Å². The summed E-state index contributed by atoms with van der Waals surface area (Å²) in [6, 6.07) is 24.7. The highest BCUT2D eigenvalue weighted by molar-refractivity contribution is 6.06. The first-order valence-corrected chi connectivity index (χ1v) is 27.8. The molecule has 418 valence electrons. The Hall–Kier alpha value is -8.80. The number of likely N-dealkylation sites (tertiary alicyclic amines) is 1. The van der Waals surface area contributed by atoms with Gasteiger partial charge >= 0.3 is 0 Å². The predicted octanol–water partition coefficient (Wildman–Crippen LogP) is 5.80. The van der Waals surface area contributed by atoms with Crippen molar-refractivity contribution in [2.24, 2.45) is 5.92 Å². The minimum absolute atomic E-state index is 0.0209. The van der Waals surface area contributed by atoms with Crippen LogP contribution in [0.15, 0.2) is 104 Å². The van der Waals surface area contributed by atoms with Crippen molar-refractivity contribution in [1.29, 1.82) is 0 Å². The number of piperazine rings is 1. The Morgan fingerprint density at radius 3 is 2.35 bits per heavy atom. The first kappa shape index (κ1) is 55.5. The van der Waals surface area contributed by atoms with E-state index in [0.717, 1.165) is 122 Å². The lowest BCUT2D eigenvalue weighted by Gasteiger charge is -2.37. The molecule has 7 aromatic rings. The molecule has 3 amide bonds. The molecule has 10 rings (SSSR count). The lowest BCUT2D eigenvalue weighted by Crippen LogP contribution is -2.45. The van der Waals surface area contributed by atoms with E-state index < -0.39 is 11.9 Å². The number of nitrogens with one attached hydrogen (secondary N) is 2. The number of fused-ring (bicyclic) bond motifs is 1. The highest BCUT2D eigenvalue weighted by Crippen LogP contribution is 2.30. The molecule has 5 aromatic heterocycles. The second kappa shape index (κ2) is 25.5. The number of imidazole rings is 1. The number of amides is 3. The minimum atomic E-state index is -0.844. The van der Waals surface area contributed by atoms with Crippen LogP contribution in [0.25, 0.3) is 28.1 Å². The normalized spacial score (nSPS) is 15.9. The lowest BCUT2D eigenvalue weighted by molar-refractivity contribution is -0.137. The van der Waals surface area contributed by atoms with Crippen molar-refractivity contribution < 1.29 is 24.0 Å². The van der Waals surface area contributed by atoms with E-state index in [1.165, 1.54) is 24.6 Å². The van der Waals surface area contributed by atoms with Crippen LogP contribution >= 0.6 is 0 Å². The van der Waals surface area contributed by atoms with E-state index in [1.54, 1.807) is 30.6 Å². The molecule has 3 aliphatic heterocycles. The largest absolute Gasteiger partial charge is 0.384 e. The van der Waals surface area contributed by atoms with Crippen molar-refractivity contribution >= 4 is 58.8 Å². The van der Waals surface area contributed by atoms with Crippen LogP contribution in [0, 0.1) is 24.7 Å². The summed E-state index contributed by atoms with van der Waals surface area (Å²) in [6.07, 6.45) is 11.9. The van der Waals surface area contributed by atoms with Gasteiger partial charge < -0.3 is 35.9 Å². The van der Waals surface area contributed by atoms with Crippen LogP contribution in [-0.2, 0) is 27.5 Å². The molecule has 3 fully saturated rings. The number of hydrogen-bond donors (Lipinski definition) is 3. The number of hydrogen-bond acceptors (Lipinski definition) is 15. The maximum atomic E-state index is 13.8. The maximum Gasteiger partial charge on any atom is 0.257 e. The Balaban J connectivity index is 0.632. The molecule has 81 heavy (non-hydrogen) atoms. The van der Waals surface area contributed by atoms with Crippen LogP contribution in [0.3, 0.4) is 0 Å². The average molecular weight is 1090 g/mol. The molecule has 0 spiro atoms. The fourth-order valence-corrected chi connectivity index (χ4v) is 11.1. The summed E-state index contributed by atoms with van der Waals surface area (Å²) in [5.74, 6) is 8.41. The first-order chi connectivity index (χ1) is 39.4. The fraction of sp³-hybridized carbons (Fsp3) is 0.377. The third-order valence-electron chi connectivity index (χ3n) is 15.9. The number of benzene rings is 2. The van der Waals surface area contributed by atoms with Crippen molar-refractivity contribution in [3.63, 3.8) is 0 Å². The zero-order valence-electron chi connectivity index (χ0n) is 46.2. The SMILES string of the molecule is CNC(=O)CCC(C=O)N(C)C(=O)c1c(C=O)cccc1NCc1cnn(C2CCN(C(=O)C3CCN(c4ccc(C#CCN5CCN(Cc6ccc(-n7c(C)nc8ccc(-c9ccnc(N)c9)nc87)cc6)CC5)cn4)CC3)CC2)c1. The van der Waals surface area contributed by atoms with Crippen LogP contribution in [-0.4, -0.2) is 163 Å². The van der Waals surface area contributed by atoms with Gasteiger partial charge in [-0.15, -0.1) is 0 Å². The summed E-state index contributed by atoms with van der Waals surface area (Å²) in [5.41, 5.74) is 14.2. The Labute approximate surface area is 471 Å². The molecule has 1 atom stereocenters. The molecule has 0 bridgehead atoms. The summed E-state index contributed by atoms with van der Waals surface area (Å²) in [4.78, 5) is 92.4. The van der Waals surface area contributed by atoms with Crippen molar-refractivity contribution in [2.45, 2.75) is 70.6 Å². The van der Waals surface area contributed by atoms with Gasteiger partial charge in [0.2, 0.25) is 11.8 Å². The van der Waals surface area contributed by atoms with Gasteiger partial charge in [-0.05, 0) is 99.2 Å². The van der Waals surface area contributed by atoms with Gasteiger partial charge in [0, 0.05) is 144 Å². The molecule has 20 nitrogen and oxygen atoms in total. The molecule has 4 N–H and O–H groups in total. The van der Waals surface area contributed by atoms with Gasteiger partial charge in [-0.3, -0.25) is 38.2 Å². The number of nitrogens with two attached hydrogens (primary N) is 1. The van der Waals surface area contributed by atoms with E-state index in [0.29, 0.717) is 50.3 Å². The minimum Gasteiger partial charge on any atom is -0.384 e. The van der Waals surface area contributed by atoms with Crippen LogP contribution in [0.2, 0.25) is 0 Å². The molecule has 8 heterocycles. The molecular weight excluding hydrogens is 1020 g/mol. The molecule has 0 aliphatic carbocycles. The van der Waals surface area contributed by atoms with E-state index in [9.17, 15) is 24.0 Å². The summed E-state index contributed by atoms with van der Waals surface area (Å²) < 4.78 is 4.06.